The highest BCUT2D eigenvalue weighted by Gasteiger charge is 2.34. The van der Waals surface area contributed by atoms with Crippen molar-refractivity contribution in [2.24, 2.45) is 0 Å². The molecule has 0 atom stereocenters. The molecule has 118 valence electrons. The molecule has 2 aromatic rings. The molecule has 23 heavy (non-hydrogen) atoms. The summed E-state index contributed by atoms with van der Waals surface area (Å²) in [6, 6.07) is 8.62. The van der Waals surface area contributed by atoms with Crippen molar-refractivity contribution >= 4 is 29.4 Å². The largest absolute Gasteiger partial charge is 0.384 e. The van der Waals surface area contributed by atoms with Gasteiger partial charge in [0.05, 0.1) is 11.1 Å². The van der Waals surface area contributed by atoms with Crippen LogP contribution in [0, 0.1) is 6.92 Å². The van der Waals surface area contributed by atoms with Gasteiger partial charge in [-0.3, -0.25) is 14.5 Å². The van der Waals surface area contributed by atoms with Gasteiger partial charge in [0.25, 0.3) is 11.8 Å². The highest BCUT2D eigenvalue weighted by Crippen LogP contribution is 2.23. The van der Waals surface area contributed by atoms with Crippen LogP contribution in [0.4, 0.5) is 5.82 Å². The first-order chi connectivity index (χ1) is 11.1. The summed E-state index contributed by atoms with van der Waals surface area (Å²) in [4.78, 5) is 34.2. The second kappa shape index (κ2) is 6.37. The molecule has 3 rings (SSSR count). The van der Waals surface area contributed by atoms with Gasteiger partial charge in [0.2, 0.25) is 0 Å². The molecule has 0 saturated carbocycles. The van der Waals surface area contributed by atoms with Gasteiger partial charge in [0, 0.05) is 24.1 Å². The van der Waals surface area contributed by atoms with Gasteiger partial charge in [0.15, 0.2) is 5.16 Å². The maximum absolute atomic E-state index is 12.2. The van der Waals surface area contributed by atoms with Crippen LogP contribution in [0.3, 0.4) is 0 Å². The van der Waals surface area contributed by atoms with Crippen LogP contribution in [0.1, 0.15) is 32.8 Å². The zero-order valence-corrected chi connectivity index (χ0v) is 13.5. The molecular formula is C16H16N4O2S. The van der Waals surface area contributed by atoms with Gasteiger partial charge >= 0.3 is 0 Å². The van der Waals surface area contributed by atoms with Gasteiger partial charge in [0.1, 0.15) is 5.82 Å². The Hall–Kier alpha value is -2.41. The lowest BCUT2D eigenvalue weighted by Crippen LogP contribution is -2.31. The number of carbonyl (C=O) groups excluding carboxylic acids is 2. The predicted molar refractivity (Wildman–Crippen MR) is 88.3 cm³/mol. The maximum atomic E-state index is 12.2. The van der Waals surface area contributed by atoms with Crippen molar-refractivity contribution in [1.82, 2.24) is 14.9 Å². The molecule has 0 spiro atoms. The summed E-state index contributed by atoms with van der Waals surface area (Å²) in [5, 5.41) is 0.616. The van der Waals surface area contributed by atoms with E-state index in [0.29, 0.717) is 40.8 Å². The summed E-state index contributed by atoms with van der Waals surface area (Å²) in [6.07, 6.45) is 0.674. The molecule has 0 saturated heterocycles. The van der Waals surface area contributed by atoms with E-state index in [-0.39, 0.29) is 11.8 Å². The van der Waals surface area contributed by atoms with E-state index in [1.807, 2.05) is 6.92 Å². The van der Waals surface area contributed by atoms with Gasteiger partial charge in [-0.15, -0.1) is 0 Å². The Kier molecular flexibility index (Phi) is 4.29. The van der Waals surface area contributed by atoms with Crippen molar-refractivity contribution in [3.8, 4) is 0 Å². The fourth-order valence-corrected chi connectivity index (χ4v) is 3.29. The number of fused-ring (bicyclic) bond motifs is 1. The Morgan fingerprint density at radius 3 is 2.39 bits per heavy atom. The van der Waals surface area contributed by atoms with Gasteiger partial charge < -0.3 is 5.73 Å². The lowest BCUT2D eigenvalue weighted by atomic mass is 10.1. The van der Waals surface area contributed by atoms with Crippen molar-refractivity contribution in [3.05, 3.63) is 47.2 Å². The molecule has 0 unspecified atom stereocenters. The van der Waals surface area contributed by atoms with E-state index in [1.54, 1.807) is 30.3 Å². The van der Waals surface area contributed by atoms with Crippen molar-refractivity contribution in [1.29, 1.82) is 0 Å². The summed E-state index contributed by atoms with van der Waals surface area (Å²) in [6.45, 7) is 2.25. The third-order valence-electron chi connectivity index (χ3n) is 3.49. The first-order valence-corrected chi connectivity index (χ1v) is 8.24. The number of nitrogen functional groups attached to an aromatic ring is 1. The van der Waals surface area contributed by atoms with Crippen LogP contribution in [0.5, 0.6) is 0 Å². The number of nitrogens with zero attached hydrogens (tertiary/aromatic N) is 3. The topological polar surface area (TPSA) is 89.2 Å². The van der Waals surface area contributed by atoms with Crippen LogP contribution in [-0.2, 0) is 0 Å². The average molecular weight is 328 g/mol. The molecule has 7 heteroatoms. The number of aryl methyl sites for hydroxylation is 1. The number of hydrogen-bond acceptors (Lipinski definition) is 6. The van der Waals surface area contributed by atoms with Crippen molar-refractivity contribution in [3.63, 3.8) is 0 Å². The molecule has 0 aliphatic carbocycles. The van der Waals surface area contributed by atoms with Crippen LogP contribution in [0.25, 0.3) is 0 Å². The quantitative estimate of drug-likeness (QED) is 0.391. The number of amides is 2. The fraction of sp³-hybridized carbons (Fsp3) is 0.250. The molecule has 1 aromatic carbocycles. The number of benzene rings is 1. The van der Waals surface area contributed by atoms with Crippen LogP contribution in [-0.4, -0.2) is 39.0 Å². The molecule has 0 bridgehead atoms. The molecule has 6 nitrogen and oxygen atoms in total. The van der Waals surface area contributed by atoms with Crippen LogP contribution < -0.4 is 5.73 Å². The van der Waals surface area contributed by atoms with Crippen LogP contribution in [0.2, 0.25) is 0 Å². The number of carbonyl (C=O) groups is 2. The Morgan fingerprint density at radius 1 is 1.13 bits per heavy atom. The van der Waals surface area contributed by atoms with Crippen LogP contribution in [0.15, 0.2) is 35.5 Å². The highest BCUT2D eigenvalue weighted by molar-refractivity contribution is 7.99. The van der Waals surface area contributed by atoms with E-state index in [0.717, 1.165) is 5.69 Å². The third kappa shape index (κ3) is 3.19. The average Bonchev–Trinajstić information content (AvgIpc) is 2.75. The van der Waals surface area contributed by atoms with Gasteiger partial charge in [-0.25, -0.2) is 9.97 Å². The third-order valence-corrected chi connectivity index (χ3v) is 4.42. The van der Waals surface area contributed by atoms with E-state index in [9.17, 15) is 9.59 Å². The van der Waals surface area contributed by atoms with E-state index >= 15 is 0 Å². The molecule has 2 amide bonds. The minimum absolute atomic E-state index is 0.216. The number of hydrogen-bond donors (Lipinski definition) is 1. The molecule has 0 radical (unpaired) electrons. The Labute approximate surface area is 138 Å². The minimum atomic E-state index is -0.216. The second-order valence-corrected chi connectivity index (χ2v) is 6.29. The number of anilines is 1. The Morgan fingerprint density at radius 2 is 1.78 bits per heavy atom. The highest BCUT2D eigenvalue weighted by atomic mass is 32.2. The van der Waals surface area contributed by atoms with E-state index < -0.39 is 0 Å². The normalized spacial score (nSPS) is 13.5. The van der Waals surface area contributed by atoms with Crippen molar-refractivity contribution in [2.75, 3.05) is 18.0 Å². The van der Waals surface area contributed by atoms with Crippen molar-refractivity contribution < 1.29 is 9.59 Å². The number of thioether (sulfide) groups is 1. The molecule has 1 aliphatic rings. The summed E-state index contributed by atoms with van der Waals surface area (Å²) in [5.74, 6) is 0.717. The number of nitrogens with two attached hydrogens (primary N) is 1. The Balaban J connectivity index is 1.56. The predicted octanol–water partition coefficient (Wildman–Crippen LogP) is 2.15. The summed E-state index contributed by atoms with van der Waals surface area (Å²) in [7, 11) is 0. The second-order valence-electron chi connectivity index (χ2n) is 5.23. The first-order valence-electron chi connectivity index (χ1n) is 7.25. The molecule has 1 aromatic heterocycles. The molecule has 2 N–H and O–H groups in total. The molecule has 0 fully saturated rings. The molecule has 1 aliphatic heterocycles. The monoisotopic (exact) mass is 328 g/mol. The van der Waals surface area contributed by atoms with Gasteiger partial charge in [-0.05, 0) is 25.5 Å². The SMILES string of the molecule is Cc1cc(N)nc(SCCCN2C(=O)c3ccccc3C2=O)n1. The maximum Gasteiger partial charge on any atom is 0.261 e. The standard InChI is InChI=1S/C16H16N4O2S/c1-10-9-13(17)19-16(18-10)23-8-4-7-20-14(21)11-5-2-3-6-12(11)15(20)22/h2-3,5-6,9H,4,7-8H2,1H3,(H2,17,18,19). The summed E-state index contributed by atoms with van der Waals surface area (Å²) >= 11 is 1.47. The van der Waals surface area contributed by atoms with Gasteiger partial charge in [-0.1, -0.05) is 23.9 Å². The zero-order valence-electron chi connectivity index (χ0n) is 12.7. The van der Waals surface area contributed by atoms with E-state index in [4.69, 9.17) is 5.73 Å². The first kappa shape index (κ1) is 15.5. The molecule has 2 heterocycles. The van der Waals surface area contributed by atoms with Gasteiger partial charge in [-0.2, -0.15) is 0 Å². The smallest absolute Gasteiger partial charge is 0.261 e. The van der Waals surface area contributed by atoms with Crippen molar-refractivity contribution in [2.45, 2.75) is 18.5 Å². The fourth-order valence-electron chi connectivity index (χ4n) is 2.46. The number of rotatable bonds is 5. The Bertz CT molecular complexity index is 723. The van der Waals surface area contributed by atoms with Crippen LogP contribution >= 0.6 is 11.8 Å². The lowest BCUT2D eigenvalue weighted by Gasteiger charge is -2.13. The minimum Gasteiger partial charge on any atom is -0.384 e. The number of aromatic nitrogens is 2. The lowest BCUT2D eigenvalue weighted by molar-refractivity contribution is 0.0655. The zero-order chi connectivity index (χ0) is 16.4. The van der Waals surface area contributed by atoms with E-state index in [1.165, 1.54) is 16.7 Å². The molecular weight excluding hydrogens is 312 g/mol. The number of imide groups is 1. The summed E-state index contributed by atoms with van der Waals surface area (Å²) in [5.41, 5.74) is 7.48. The van der Waals surface area contributed by atoms with E-state index in [2.05, 4.69) is 9.97 Å². The summed E-state index contributed by atoms with van der Waals surface area (Å²) < 4.78 is 0.